The van der Waals surface area contributed by atoms with Gasteiger partial charge in [-0.15, -0.1) is 0 Å². The maximum atomic E-state index is 13.0. The highest BCUT2D eigenvalue weighted by Crippen LogP contribution is 2.28. The third-order valence-electron chi connectivity index (χ3n) is 6.70. The molecule has 0 atom stereocenters. The molecule has 1 amide bonds. The Morgan fingerprint density at radius 1 is 0.863 bits per heavy atom. The minimum Gasteiger partial charge on any atom is -0.506 e. The standard InChI is InChI=1S/C27H37ClN4O4S.2C2HF3O2/c1-27(2,18-33)17-32(23(35)11-14-29-12-9-19-5-3-4-6-21(19)28)16-15-30-13-10-20-7-8-22(34)24-25(20)37-26(36)31-24;2*3-2(4,5)1(6)7/h3-8,29-30,33-34H,9-18H2,1-2H3,(H,31,36);2*(H,6,7). The quantitative estimate of drug-likeness (QED) is 0.0859. The number of aromatic amines is 1. The number of aliphatic hydroxyl groups is 1. The molecule has 7 N–H and O–H groups in total. The van der Waals surface area contributed by atoms with Crippen LogP contribution in [0.4, 0.5) is 26.3 Å². The van der Waals surface area contributed by atoms with E-state index in [1.165, 1.54) is 0 Å². The Labute approximate surface area is 297 Å². The van der Waals surface area contributed by atoms with E-state index < -0.39 is 29.7 Å². The number of thiazole rings is 1. The molecular weight excluding hydrogens is 738 g/mol. The third-order valence-corrected chi connectivity index (χ3v) is 8.02. The number of nitrogens with one attached hydrogen (secondary N) is 3. The smallest absolute Gasteiger partial charge is 0.490 e. The number of carboxylic acids is 2. The van der Waals surface area contributed by atoms with Crippen LogP contribution in [-0.2, 0) is 27.2 Å². The molecule has 0 radical (unpaired) electrons. The topological polar surface area (TPSA) is 192 Å². The van der Waals surface area contributed by atoms with E-state index in [2.05, 4.69) is 15.6 Å². The van der Waals surface area contributed by atoms with Gasteiger partial charge in [0.05, 0.1) is 4.70 Å². The molecule has 0 unspecified atom stereocenters. The van der Waals surface area contributed by atoms with Gasteiger partial charge in [-0.3, -0.25) is 9.59 Å². The van der Waals surface area contributed by atoms with Gasteiger partial charge in [0.2, 0.25) is 5.91 Å². The third kappa shape index (κ3) is 17.2. The van der Waals surface area contributed by atoms with Crippen molar-refractivity contribution in [1.82, 2.24) is 20.5 Å². The number of alkyl halides is 6. The molecule has 3 rings (SSSR count). The normalized spacial score (nSPS) is 11.6. The van der Waals surface area contributed by atoms with Gasteiger partial charge in [-0.05, 0) is 49.2 Å². The number of carbonyl (C=O) groups is 3. The van der Waals surface area contributed by atoms with Gasteiger partial charge in [0, 0.05) is 49.6 Å². The summed E-state index contributed by atoms with van der Waals surface area (Å²) in [4.78, 5) is 46.8. The second-order valence-corrected chi connectivity index (χ2v) is 12.9. The fourth-order valence-electron chi connectivity index (χ4n) is 4.09. The molecule has 0 aliphatic carbocycles. The minimum atomic E-state index is -5.08. The molecule has 3 aromatic rings. The molecule has 0 saturated carbocycles. The summed E-state index contributed by atoms with van der Waals surface area (Å²) in [7, 11) is 0. The molecule has 51 heavy (non-hydrogen) atoms. The van der Waals surface area contributed by atoms with Crippen LogP contribution < -0.4 is 15.5 Å². The zero-order valence-corrected chi connectivity index (χ0v) is 29.0. The van der Waals surface area contributed by atoms with Gasteiger partial charge in [0.1, 0.15) is 11.3 Å². The molecule has 20 heteroatoms. The lowest BCUT2D eigenvalue weighted by Crippen LogP contribution is -2.44. The molecule has 0 aliphatic heterocycles. The predicted octanol–water partition coefficient (Wildman–Crippen LogP) is 4.42. The summed E-state index contributed by atoms with van der Waals surface area (Å²) < 4.78 is 64.2. The Morgan fingerprint density at radius 2 is 1.39 bits per heavy atom. The number of aromatic nitrogens is 1. The highest BCUT2D eigenvalue weighted by Gasteiger charge is 2.39. The summed E-state index contributed by atoms with van der Waals surface area (Å²) in [5, 5.41) is 41.4. The van der Waals surface area contributed by atoms with Crippen molar-refractivity contribution in [3.8, 4) is 5.75 Å². The maximum absolute atomic E-state index is 13.0. The Bertz CT molecular complexity index is 1610. The highest BCUT2D eigenvalue weighted by molar-refractivity contribution is 7.16. The number of carboxylic acid groups (broad SMARTS) is 2. The van der Waals surface area contributed by atoms with Crippen molar-refractivity contribution in [2.75, 3.05) is 45.9 Å². The molecule has 1 heterocycles. The number of aliphatic hydroxyl groups excluding tert-OH is 1. The first-order valence-electron chi connectivity index (χ1n) is 15.1. The summed E-state index contributed by atoms with van der Waals surface area (Å²) >= 11 is 7.30. The minimum absolute atomic E-state index is 0.00330. The molecule has 1 aromatic heterocycles. The first-order valence-corrected chi connectivity index (χ1v) is 16.3. The number of amides is 1. The number of phenols is 1. The van der Waals surface area contributed by atoms with E-state index in [-0.39, 0.29) is 23.1 Å². The highest BCUT2D eigenvalue weighted by atomic mass is 35.5. The Morgan fingerprint density at radius 3 is 1.92 bits per heavy atom. The van der Waals surface area contributed by atoms with E-state index in [4.69, 9.17) is 31.4 Å². The number of phenolic OH excluding ortho intramolecular Hbond substituents is 1. The molecular formula is C31H39ClF6N4O8S. The first kappa shape index (κ1) is 45.1. The summed E-state index contributed by atoms with van der Waals surface area (Å²) in [6, 6.07) is 11.2. The number of hydrogen-bond donors (Lipinski definition) is 7. The van der Waals surface area contributed by atoms with Crippen LogP contribution in [0.15, 0.2) is 41.2 Å². The monoisotopic (exact) mass is 776 g/mol. The molecule has 0 spiro atoms. The maximum Gasteiger partial charge on any atom is 0.490 e. The van der Waals surface area contributed by atoms with E-state index >= 15 is 0 Å². The van der Waals surface area contributed by atoms with Gasteiger partial charge < -0.3 is 40.9 Å². The summed E-state index contributed by atoms with van der Waals surface area (Å²) in [5.74, 6) is -5.39. The lowest BCUT2D eigenvalue weighted by molar-refractivity contribution is -0.193. The largest absolute Gasteiger partial charge is 0.506 e. The zero-order valence-electron chi connectivity index (χ0n) is 27.5. The van der Waals surface area contributed by atoms with Crippen LogP contribution >= 0.6 is 22.9 Å². The van der Waals surface area contributed by atoms with Crippen molar-refractivity contribution in [2.24, 2.45) is 5.41 Å². The molecule has 286 valence electrons. The molecule has 0 fully saturated rings. The van der Waals surface area contributed by atoms with Crippen molar-refractivity contribution in [1.29, 1.82) is 0 Å². The molecule has 0 saturated heterocycles. The first-order chi connectivity index (χ1) is 23.6. The fraction of sp³-hybridized carbons (Fsp3) is 0.484. The summed E-state index contributed by atoms with van der Waals surface area (Å²) in [6.07, 6.45) is -8.30. The zero-order chi connectivity index (χ0) is 39.0. The number of fused-ring (bicyclic) bond motifs is 1. The summed E-state index contributed by atoms with van der Waals surface area (Å²) in [6.45, 7) is 7.48. The average Bonchev–Trinajstić information content (AvgIpc) is 3.44. The number of rotatable bonds is 15. The van der Waals surface area contributed by atoms with Gasteiger partial charge in [-0.25, -0.2) is 9.59 Å². The van der Waals surface area contributed by atoms with Gasteiger partial charge in [0.25, 0.3) is 0 Å². The lowest BCUT2D eigenvalue weighted by Gasteiger charge is -2.31. The second-order valence-electron chi connectivity index (χ2n) is 11.5. The van der Waals surface area contributed by atoms with Gasteiger partial charge in [-0.1, -0.05) is 61.1 Å². The van der Waals surface area contributed by atoms with Crippen LogP contribution in [0.1, 0.15) is 31.4 Å². The average molecular weight is 777 g/mol. The van der Waals surface area contributed by atoms with Crippen molar-refractivity contribution in [2.45, 2.75) is 45.5 Å². The predicted molar refractivity (Wildman–Crippen MR) is 178 cm³/mol. The van der Waals surface area contributed by atoms with Crippen molar-refractivity contribution in [3.63, 3.8) is 0 Å². The number of nitrogens with zero attached hydrogens (tertiary/aromatic N) is 1. The molecule has 0 aliphatic rings. The van der Waals surface area contributed by atoms with Crippen LogP contribution in [0, 0.1) is 5.41 Å². The Balaban J connectivity index is 0.000000780. The molecule has 0 bridgehead atoms. The van der Waals surface area contributed by atoms with E-state index in [1.54, 1.807) is 6.07 Å². The van der Waals surface area contributed by atoms with Crippen LogP contribution in [0.5, 0.6) is 5.75 Å². The fourth-order valence-corrected chi connectivity index (χ4v) is 5.22. The van der Waals surface area contributed by atoms with Crippen molar-refractivity contribution in [3.05, 3.63) is 62.2 Å². The van der Waals surface area contributed by atoms with E-state index in [0.717, 1.165) is 45.2 Å². The van der Waals surface area contributed by atoms with E-state index in [9.17, 15) is 46.1 Å². The van der Waals surface area contributed by atoms with E-state index in [0.29, 0.717) is 51.1 Å². The van der Waals surface area contributed by atoms with Gasteiger partial charge in [0.15, 0.2) is 0 Å². The number of carbonyl (C=O) groups excluding carboxylic acids is 1. The van der Waals surface area contributed by atoms with E-state index in [1.807, 2.05) is 49.1 Å². The summed E-state index contributed by atoms with van der Waals surface area (Å²) in [5.41, 5.74) is 2.16. The van der Waals surface area contributed by atoms with Crippen LogP contribution in [0.2, 0.25) is 5.02 Å². The van der Waals surface area contributed by atoms with Crippen molar-refractivity contribution < 1.29 is 61.2 Å². The molecule has 12 nitrogen and oxygen atoms in total. The number of halogens is 7. The van der Waals surface area contributed by atoms with Gasteiger partial charge >= 0.3 is 29.2 Å². The number of aromatic hydroxyl groups is 1. The number of aliphatic carboxylic acids is 2. The number of H-pyrrole nitrogens is 1. The Kier molecular flexibility index (Phi) is 18.4. The van der Waals surface area contributed by atoms with Crippen molar-refractivity contribution >= 4 is 51.0 Å². The van der Waals surface area contributed by atoms with Gasteiger partial charge in [-0.2, -0.15) is 26.3 Å². The SMILES string of the molecule is CC(C)(CO)CN(CCNCCc1ccc(O)c2[nH]c(=O)sc12)C(=O)CCNCCc1ccccc1Cl.O=C(O)C(F)(F)F.O=C(O)C(F)(F)F. The number of hydrogen-bond acceptors (Lipinski definition) is 9. The lowest BCUT2D eigenvalue weighted by atomic mass is 9.94. The Hall–Kier alpha value is -3.91. The second kappa shape index (κ2) is 20.8. The van der Waals surface area contributed by atoms with Crippen LogP contribution in [-0.4, -0.2) is 106 Å². The van der Waals surface area contributed by atoms with Crippen LogP contribution in [0.25, 0.3) is 10.2 Å². The number of benzene rings is 2. The van der Waals surface area contributed by atoms with Crippen LogP contribution in [0.3, 0.4) is 0 Å². The molecule has 2 aromatic carbocycles.